The Morgan fingerprint density at radius 2 is 2.33 bits per heavy atom. The maximum atomic E-state index is 8.99. The quantitative estimate of drug-likeness (QED) is 0.590. The van der Waals surface area contributed by atoms with Gasteiger partial charge in [-0.1, -0.05) is 13.0 Å². The summed E-state index contributed by atoms with van der Waals surface area (Å²) in [6, 6.07) is 0. The van der Waals surface area contributed by atoms with Gasteiger partial charge in [-0.15, -0.1) is 0 Å². The summed E-state index contributed by atoms with van der Waals surface area (Å²) < 4.78 is 0. The molecule has 9 heavy (non-hydrogen) atoms. The molecule has 0 aromatic heterocycles. The Labute approximate surface area is 56.6 Å². The molecule has 0 aliphatic heterocycles. The van der Waals surface area contributed by atoms with E-state index in [4.69, 9.17) is 5.11 Å². The van der Waals surface area contributed by atoms with Crippen molar-refractivity contribution in [3.63, 3.8) is 0 Å². The first-order valence-corrected chi connectivity index (χ1v) is 3.33. The Morgan fingerprint density at radius 1 is 1.67 bits per heavy atom. The molecule has 2 N–H and O–H groups in total. The summed E-state index contributed by atoms with van der Waals surface area (Å²) in [6.45, 7) is 4.55. The first-order valence-electron chi connectivity index (χ1n) is 3.33. The van der Waals surface area contributed by atoms with Crippen LogP contribution in [0.3, 0.4) is 0 Å². The zero-order valence-corrected chi connectivity index (χ0v) is 6.09. The van der Waals surface area contributed by atoms with E-state index in [0.717, 1.165) is 6.42 Å². The molecule has 2 heteroatoms. The molecular formula is C7H15NO. The van der Waals surface area contributed by atoms with Gasteiger partial charge in [-0.3, -0.25) is 0 Å². The highest BCUT2D eigenvalue weighted by Crippen LogP contribution is 1.85. The molecule has 0 saturated carbocycles. The van der Waals surface area contributed by atoms with Crippen LogP contribution in [-0.2, 0) is 0 Å². The van der Waals surface area contributed by atoms with E-state index in [9.17, 15) is 0 Å². The predicted octanol–water partition coefficient (Wildman–Crippen LogP) is 0.881. The third-order valence-electron chi connectivity index (χ3n) is 1.11. The molecule has 0 aromatic carbocycles. The van der Waals surface area contributed by atoms with Crippen LogP contribution in [0.4, 0.5) is 0 Å². The molecule has 0 radical (unpaired) electrons. The van der Waals surface area contributed by atoms with Crippen LogP contribution < -0.4 is 5.32 Å². The second-order valence-electron chi connectivity index (χ2n) is 1.97. The molecule has 1 unspecified atom stereocenters. The topological polar surface area (TPSA) is 32.3 Å². The Kier molecular flexibility index (Phi) is 5.32. The van der Waals surface area contributed by atoms with Gasteiger partial charge in [0.1, 0.15) is 0 Å². The second kappa shape index (κ2) is 5.63. The van der Waals surface area contributed by atoms with Gasteiger partial charge in [-0.25, -0.2) is 0 Å². The van der Waals surface area contributed by atoms with Crippen LogP contribution in [0.1, 0.15) is 20.3 Å². The van der Waals surface area contributed by atoms with Crippen LogP contribution in [0.5, 0.6) is 0 Å². The van der Waals surface area contributed by atoms with Crippen molar-refractivity contribution in [1.82, 2.24) is 5.32 Å². The van der Waals surface area contributed by atoms with Crippen molar-refractivity contribution in [2.24, 2.45) is 0 Å². The molecule has 0 rings (SSSR count). The first kappa shape index (κ1) is 8.50. The van der Waals surface area contributed by atoms with Crippen molar-refractivity contribution in [2.45, 2.75) is 26.4 Å². The average molecular weight is 129 g/mol. The molecule has 0 saturated heterocycles. The lowest BCUT2D eigenvalue weighted by Crippen LogP contribution is -2.21. The largest absolute Gasteiger partial charge is 0.391 e. The third kappa shape index (κ3) is 5.37. The highest BCUT2D eigenvalue weighted by Gasteiger charge is 1.94. The summed E-state index contributed by atoms with van der Waals surface area (Å²) in [5.41, 5.74) is 0. The van der Waals surface area contributed by atoms with Gasteiger partial charge in [-0.2, -0.15) is 0 Å². The predicted molar refractivity (Wildman–Crippen MR) is 39.1 cm³/mol. The van der Waals surface area contributed by atoms with Crippen LogP contribution >= 0.6 is 0 Å². The first-order chi connectivity index (χ1) is 4.31. The van der Waals surface area contributed by atoms with E-state index < -0.39 is 0 Å². The van der Waals surface area contributed by atoms with Crippen molar-refractivity contribution in [1.29, 1.82) is 0 Å². The van der Waals surface area contributed by atoms with Gasteiger partial charge in [0.05, 0.1) is 6.10 Å². The summed E-state index contributed by atoms with van der Waals surface area (Å²) in [4.78, 5) is 0. The molecule has 1 atom stereocenters. The standard InChI is InChI=1S/C7H15NO/c1-3-5-8-6-7(9)4-2/h3,5,7-9H,4,6H2,1-2H3/b5-3-. The number of hydrogen-bond donors (Lipinski definition) is 2. The number of rotatable bonds is 4. The van der Waals surface area contributed by atoms with Crippen LogP contribution in [0, 0.1) is 0 Å². The van der Waals surface area contributed by atoms with Crippen LogP contribution in [0.2, 0.25) is 0 Å². The van der Waals surface area contributed by atoms with E-state index in [0.29, 0.717) is 6.54 Å². The smallest absolute Gasteiger partial charge is 0.0709 e. The lowest BCUT2D eigenvalue weighted by molar-refractivity contribution is 0.172. The molecule has 0 aromatic rings. The molecule has 0 amide bonds. The molecule has 0 bridgehead atoms. The molecule has 0 spiro atoms. The Balaban J connectivity index is 3.06. The highest BCUT2D eigenvalue weighted by atomic mass is 16.3. The average Bonchev–Trinajstić information content (AvgIpc) is 1.89. The number of allylic oxidation sites excluding steroid dienone is 1. The van der Waals surface area contributed by atoms with Gasteiger partial charge < -0.3 is 10.4 Å². The van der Waals surface area contributed by atoms with Crippen molar-refractivity contribution in [3.05, 3.63) is 12.3 Å². The van der Waals surface area contributed by atoms with Gasteiger partial charge in [0, 0.05) is 6.54 Å². The Hall–Kier alpha value is -0.500. The third-order valence-corrected chi connectivity index (χ3v) is 1.11. The van der Waals surface area contributed by atoms with Gasteiger partial charge in [0.15, 0.2) is 0 Å². The van der Waals surface area contributed by atoms with Crippen LogP contribution in [-0.4, -0.2) is 17.8 Å². The molecule has 0 aliphatic carbocycles. The number of aliphatic hydroxyl groups excluding tert-OH is 1. The summed E-state index contributed by atoms with van der Waals surface area (Å²) in [7, 11) is 0. The SMILES string of the molecule is C/C=C\NCC(O)CC. The van der Waals surface area contributed by atoms with Crippen molar-refractivity contribution in [3.8, 4) is 0 Å². The van der Waals surface area contributed by atoms with Crippen LogP contribution in [0.25, 0.3) is 0 Å². The fourth-order valence-electron chi connectivity index (χ4n) is 0.466. The van der Waals surface area contributed by atoms with E-state index in [2.05, 4.69) is 5.32 Å². The highest BCUT2D eigenvalue weighted by molar-refractivity contribution is 4.74. The number of hydrogen-bond acceptors (Lipinski definition) is 2. The maximum Gasteiger partial charge on any atom is 0.0709 e. The van der Waals surface area contributed by atoms with E-state index in [-0.39, 0.29) is 6.10 Å². The van der Waals surface area contributed by atoms with Gasteiger partial charge in [0.2, 0.25) is 0 Å². The molecule has 0 heterocycles. The number of aliphatic hydroxyl groups is 1. The Morgan fingerprint density at radius 3 is 2.78 bits per heavy atom. The van der Waals surface area contributed by atoms with Crippen molar-refractivity contribution in [2.75, 3.05) is 6.54 Å². The van der Waals surface area contributed by atoms with E-state index in [1.54, 1.807) is 0 Å². The summed E-state index contributed by atoms with van der Waals surface area (Å²) in [6.07, 6.45) is 4.34. The minimum atomic E-state index is -0.207. The van der Waals surface area contributed by atoms with Gasteiger partial charge in [0.25, 0.3) is 0 Å². The summed E-state index contributed by atoms with van der Waals surface area (Å²) in [5.74, 6) is 0. The van der Waals surface area contributed by atoms with Crippen LogP contribution in [0.15, 0.2) is 12.3 Å². The monoisotopic (exact) mass is 129 g/mol. The summed E-state index contributed by atoms with van der Waals surface area (Å²) in [5, 5.41) is 11.9. The summed E-state index contributed by atoms with van der Waals surface area (Å²) >= 11 is 0. The normalized spacial score (nSPS) is 14.1. The Bertz CT molecular complexity index is 81.0. The van der Waals surface area contributed by atoms with E-state index >= 15 is 0 Å². The molecular weight excluding hydrogens is 114 g/mol. The fourth-order valence-corrected chi connectivity index (χ4v) is 0.466. The van der Waals surface area contributed by atoms with Gasteiger partial charge >= 0.3 is 0 Å². The number of nitrogens with one attached hydrogen (secondary N) is 1. The van der Waals surface area contributed by atoms with Crippen molar-refractivity contribution >= 4 is 0 Å². The second-order valence-corrected chi connectivity index (χ2v) is 1.97. The molecule has 0 fully saturated rings. The zero-order valence-electron chi connectivity index (χ0n) is 6.09. The lowest BCUT2D eigenvalue weighted by atomic mass is 10.3. The molecule has 2 nitrogen and oxygen atoms in total. The molecule has 0 aliphatic rings. The van der Waals surface area contributed by atoms with E-state index in [1.807, 2.05) is 26.1 Å². The minimum Gasteiger partial charge on any atom is -0.391 e. The maximum absolute atomic E-state index is 8.99. The van der Waals surface area contributed by atoms with Crippen molar-refractivity contribution < 1.29 is 5.11 Å². The molecule has 54 valence electrons. The lowest BCUT2D eigenvalue weighted by Gasteiger charge is -2.05. The van der Waals surface area contributed by atoms with Gasteiger partial charge in [-0.05, 0) is 19.5 Å². The zero-order chi connectivity index (χ0) is 7.11. The minimum absolute atomic E-state index is 0.207. The van der Waals surface area contributed by atoms with E-state index in [1.165, 1.54) is 0 Å². The fraction of sp³-hybridized carbons (Fsp3) is 0.714.